The van der Waals surface area contributed by atoms with E-state index in [0.717, 1.165) is 23.0 Å². The van der Waals surface area contributed by atoms with Gasteiger partial charge in [-0.25, -0.2) is 0 Å². The zero-order valence-corrected chi connectivity index (χ0v) is 19.4. The second-order valence-electron chi connectivity index (χ2n) is 8.34. The Morgan fingerprint density at radius 2 is 1.91 bits per heavy atom. The van der Waals surface area contributed by atoms with E-state index in [1.54, 1.807) is 18.3 Å². The lowest BCUT2D eigenvalue weighted by Crippen LogP contribution is -2.22. The Labute approximate surface area is 200 Å². The lowest BCUT2D eigenvalue weighted by Gasteiger charge is -2.31. The average molecular weight is 478 g/mol. The smallest absolute Gasteiger partial charge is 0.269 e. The van der Waals surface area contributed by atoms with Crippen LogP contribution in [0.2, 0.25) is 0 Å². The summed E-state index contributed by atoms with van der Waals surface area (Å²) in [6.45, 7) is 2.29. The molecule has 174 valence electrons. The zero-order chi connectivity index (χ0) is 23.5. The predicted octanol–water partition coefficient (Wildman–Crippen LogP) is 5.34. The largest absolute Gasteiger partial charge is 0.420 e. The van der Waals surface area contributed by atoms with Crippen molar-refractivity contribution in [2.45, 2.75) is 49.6 Å². The molecule has 0 aliphatic heterocycles. The highest BCUT2D eigenvalue weighted by molar-refractivity contribution is 7.98. The van der Waals surface area contributed by atoms with Crippen LogP contribution < -0.4 is 0 Å². The van der Waals surface area contributed by atoms with Crippen molar-refractivity contribution in [3.8, 4) is 22.8 Å². The standard InChI is InChI=1S/C23H23N7O3S/c1-15-5-2-3-7-19(15)29-21(17-6-4-12-24-13-17)26-28-23(29)34-14-20-25-27-22(33-20)16-8-10-18(11-9-16)30(31)32/h4,6,8-13,15,19H,2-3,5,7,14H2,1H3/t15-,19-/m1/s1. The molecule has 0 bridgehead atoms. The van der Waals surface area contributed by atoms with Crippen molar-refractivity contribution < 1.29 is 9.34 Å². The first-order valence-electron chi connectivity index (χ1n) is 11.2. The van der Waals surface area contributed by atoms with Crippen LogP contribution in [0, 0.1) is 16.0 Å². The van der Waals surface area contributed by atoms with Crippen molar-refractivity contribution in [2.24, 2.45) is 5.92 Å². The molecule has 1 aliphatic carbocycles. The van der Waals surface area contributed by atoms with E-state index in [1.807, 2.05) is 18.3 Å². The minimum absolute atomic E-state index is 0.0137. The molecule has 1 fully saturated rings. The zero-order valence-electron chi connectivity index (χ0n) is 18.6. The molecule has 1 saturated carbocycles. The fourth-order valence-electron chi connectivity index (χ4n) is 4.33. The summed E-state index contributed by atoms with van der Waals surface area (Å²) in [5.41, 5.74) is 1.59. The third-order valence-corrected chi connectivity index (χ3v) is 7.03. The van der Waals surface area contributed by atoms with E-state index in [4.69, 9.17) is 4.42 Å². The van der Waals surface area contributed by atoms with Gasteiger partial charge in [-0.05, 0) is 43.0 Å². The number of nitro groups is 1. The third kappa shape index (κ3) is 4.56. The van der Waals surface area contributed by atoms with Crippen LogP contribution in [-0.2, 0) is 5.75 Å². The Balaban J connectivity index is 1.38. The quantitative estimate of drug-likeness (QED) is 0.197. The first-order chi connectivity index (χ1) is 16.6. The Hall–Kier alpha value is -3.60. The summed E-state index contributed by atoms with van der Waals surface area (Å²) in [5, 5.41) is 28.9. The van der Waals surface area contributed by atoms with E-state index in [9.17, 15) is 10.1 Å². The number of rotatable bonds is 7. The molecule has 0 unspecified atom stereocenters. The number of nitro benzene ring substituents is 1. The molecule has 3 aromatic heterocycles. The number of benzene rings is 1. The first-order valence-corrected chi connectivity index (χ1v) is 12.1. The SMILES string of the molecule is C[C@@H]1CCCC[C@H]1n1c(SCc2nnc(-c3ccc([N+](=O)[O-])cc3)o2)nnc1-c1cccnc1. The number of pyridine rings is 1. The van der Waals surface area contributed by atoms with Gasteiger partial charge < -0.3 is 4.42 Å². The fraction of sp³-hybridized carbons (Fsp3) is 0.348. The molecular weight excluding hydrogens is 454 g/mol. The second kappa shape index (κ2) is 9.72. The van der Waals surface area contributed by atoms with Crippen LogP contribution in [0.15, 0.2) is 58.4 Å². The molecule has 5 rings (SSSR count). The molecule has 1 aromatic carbocycles. The van der Waals surface area contributed by atoms with Gasteiger partial charge in [0.1, 0.15) is 0 Å². The Morgan fingerprint density at radius 3 is 2.65 bits per heavy atom. The predicted molar refractivity (Wildman–Crippen MR) is 126 cm³/mol. The second-order valence-corrected chi connectivity index (χ2v) is 9.28. The maximum absolute atomic E-state index is 10.9. The van der Waals surface area contributed by atoms with Gasteiger partial charge in [0.2, 0.25) is 11.8 Å². The van der Waals surface area contributed by atoms with E-state index in [2.05, 4.69) is 36.9 Å². The minimum atomic E-state index is -0.442. The first kappa shape index (κ1) is 22.2. The van der Waals surface area contributed by atoms with E-state index in [1.165, 1.54) is 43.2 Å². The van der Waals surface area contributed by atoms with E-state index in [-0.39, 0.29) is 5.69 Å². The van der Waals surface area contributed by atoms with Crippen LogP contribution in [0.1, 0.15) is 44.5 Å². The highest BCUT2D eigenvalue weighted by Gasteiger charge is 2.29. The topological polar surface area (TPSA) is 126 Å². The summed E-state index contributed by atoms with van der Waals surface area (Å²) in [5.74, 6) is 2.56. The summed E-state index contributed by atoms with van der Waals surface area (Å²) in [7, 11) is 0. The maximum Gasteiger partial charge on any atom is 0.269 e. The molecule has 3 heterocycles. The number of aromatic nitrogens is 6. The number of hydrogen-bond acceptors (Lipinski definition) is 9. The molecule has 0 radical (unpaired) electrons. The van der Waals surface area contributed by atoms with Gasteiger partial charge in [0.25, 0.3) is 5.69 Å². The van der Waals surface area contributed by atoms with Gasteiger partial charge in [-0.2, -0.15) is 0 Å². The van der Waals surface area contributed by atoms with Crippen LogP contribution in [0.4, 0.5) is 5.69 Å². The van der Waals surface area contributed by atoms with Gasteiger partial charge in [-0.3, -0.25) is 19.7 Å². The van der Waals surface area contributed by atoms with Crippen molar-refractivity contribution in [3.63, 3.8) is 0 Å². The molecule has 2 atom stereocenters. The highest BCUT2D eigenvalue weighted by atomic mass is 32.2. The lowest BCUT2D eigenvalue weighted by molar-refractivity contribution is -0.384. The summed E-state index contributed by atoms with van der Waals surface area (Å²) < 4.78 is 8.06. The third-order valence-electron chi connectivity index (χ3n) is 6.10. The number of thioether (sulfide) groups is 1. The average Bonchev–Trinajstić information content (AvgIpc) is 3.51. The van der Waals surface area contributed by atoms with Gasteiger partial charge in [-0.1, -0.05) is 31.5 Å². The summed E-state index contributed by atoms with van der Waals surface area (Å²) >= 11 is 1.51. The van der Waals surface area contributed by atoms with Gasteiger partial charge >= 0.3 is 0 Å². The molecule has 0 N–H and O–H groups in total. The van der Waals surface area contributed by atoms with Crippen molar-refractivity contribution in [1.29, 1.82) is 0 Å². The van der Waals surface area contributed by atoms with E-state index >= 15 is 0 Å². The summed E-state index contributed by atoms with van der Waals surface area (Å²) in [6, 6.07) is 10.3. The van der Waals surface area contributed by atoms with Crippen LogP contribution in [0.3, 0.4) is 0 Å². The molecular formula is C23H23N7O3S. The molecule has 0 amide bonds. The van der Waals surface area contributed by atoms with Gasteiger partial charge in [0.15, 0.2) is 11.0 Å². The van der Waals surface area contributed by atoms with E-state index < -0.39 is 4.92 Å². The molecule has 0 saturated heterocycles. The minimum Gasteiger partial charge on any atom is -0.420 e. The fourth-order valence-corrected chi connectivity index (χ4v) is 5.16. The maximum atomic E-state index is 10.9. The molecule has 1 aliphatic rings. The van der Waals surface area contributed by atoms with Crippen molar-refractivity contribution in [2.75, 3.05) is 0 Å². The Bertz CT molecular complexity index is 1270. The van der Waals surface area contributed by atoms with E-state index in [0.29, 0.717) is 35.1 Å². The van der Waals surface area contributed by atoms with Gasteiger partial charge in [-0.15, -0.1) is 20.4 Å². The summed E-state index contributed by atoms with van der Waals surface area (Å²) in [6.07, 6.45) is 8.27. The Kier molecular flexibility index (Phi) is 6.35. The van der Waals surface area contributed by atoms with Gasteiger partial charge in [0.05, 0.1) is 10.7 Å². The molecule has 4 aromatic rings. The number of non-ortho nitro benzene ring substituents is 1. The summed E-state index contributed by atoms with van der Waals surface area (Å²) in [4.78, 5) is 14.7. The number of nitrogens with zero attached hydrogens (tertiary/aromatic N) is 7. The van der Waals surface area contributed by atoms with Crippen LogP contribution >= 0.6 is 11.8 Å². The normalized spacial score (nSPS) is 18.1. The van der Waals surface area contributed by atoms with Gasteiger partial charge in [0, 0.05) is 41.7 Å². The lowest BCUT2D eigenvalue weighted by atomic mass is 9.85. The molecule has 10 nitrogen and oxygen atoms in total. The Morgan fingerprint density at radius 1 is 1.09 bits per heavy atom. The molecule has 0 spiro atoms. The van der Waals surface area contributed by atoms with Crippen LogP contribution in [-0.4, -0.2) is 34.9 Å². The van der Waals surface area contributed by atoms with Crippen molar-refractivity contribution in [1.82, 2.24) is 29.9 Å². The molecule has 11 heteroatoms. The van der Waals surface area contributed by atoms with Crippen LogP contribution in [0.25, 0.3) is 22.8 Å². The van der Waals surface area contributed by atoms with Crippen molar-refractivity contribution >= 4 is 17.4 Å². The number of hydrogen-bond donors (Lipinski definition) is 0. The van der Waals surface area contributed by atoms with Crippen LogP contribution in [0.5, 0.6) is 0 Å². The molecule has 34 heavy (non-hydrogen) atoms. The monoisotopic (exact) mass is 477 g/mol. The van der Waals surface area contributed by atoms with Crippen molar-refractivity contribution in [3.05, 3.63) is 64.8 Å². The highest BCUT2D eigenvalue weighted by Crippen LogP contribution is 2.39.